The molecule has 0 aliphatic rings. The number of aromatic hydroxyl groups is 1. The minimum atomic E-state index is 0.168. The van der Waals surface area contributed by atoms with Crippen LogP contribution in [0.1, 0.15) is 0 Å². The summed E-state index contributed by atoms with van der Waals surface area (Å²) in [5, 5.41) is 19.0. The van der Waals surface area contributed by atoms with Crippen molar-refractivity contribution >= 4 is 28.5 Å². The van der Waals surface area contributed by atoms with E-state index in [0.29, 0.717) is 16.8 Å². The largest absolute Gasteiger partial charge is 0.507 e. The van der Waals surface area contributed by atoms with Crippen molar-refractivity contribution in [3.05, 3.63) is 36.5 Å². The topological polar surface area (TPSA) is 84.9 Å². The molecule has 0 saturated carbocycles. The summed E-state index contributed by atoms with van der Waals surface area (Å²) >= 11 is 1.56. The highest BCUT2D eigenvalue weighted by Gasteiger charge is 2.13. The average Bonchev–Trinajstić information content (AvgIpc) is 2.48. The number of phenolic OH excluding ortho intramolecular Hbond substituents is 1. The van der Waals surface area contributed by atoms with E-state index in [1.807, 2.05) is 24.5 Å². The summed E-state index contributed by atoms with van der Waals surface area (Å²) in [5.41, 5.74) is 7.57. The summed E-state index contributed by atoms with van der Waals surface area (Å²) in [6, 6.07) is 9.14. The summed E-state index contributed by atoms with van der Waals surface area (Å²) in [7, 11) is 0. The van der Waals surface area contributed by atoms with Gasteiger partial charge in [-0.2, -0.15) is 0 Å². The number of hydrogen-bond donors (Lipinski definition) is 2. The minimum absolute atomic E-state index is 0.168. The normalized spacial score (nSPS) is 10.8. The van der Waals surface area contributed by atoms with E-state index in [-0.39, 0.29) is 11.6 Å². The Labute approximate surface area is 119 Å². The number of nitrogens with two attached hydrogens (primary N) is 1. The van der Waals surface area contributed by atoms with Crippen molar-refractivity contribution in [2.24, 2.45) is 0 Å². The number of thioether (sulfide) groups is 1. The number of pyridine rings is 1. The molecule has 2 aromatic heterocycles. The van der Waals surface area contributed by atoms with Crippen LogP contribution in [0.5, 0.6) is 5.75 Å². The van der Waals surface area contributed by atoms with Gasteiger partial charge in [-0.1, -0.05) is 0 Å². The fourth-order valence-electron chi connectivity index (χ4n) is 2.04. The maximum absolute atomic E-state index is 10.2. The number of benzene rings is 1. The van der Waals surface area contributed by atoms with Crippen molar-refractivity contribution in [2.45, 2.75) is 4.90 Å². The number of aromatic nitrogens is 3. The Morgan fingerprint density at radius 3 is 2.80 bits per heavy atom. The first kappa shape index (κ1) is 12.7. The van der Waals surface area contributed by atoms with Gasteiger partial charge in [-0.15, -0.1) is 22.0 Å². The molecule has 3 rings (SSSR count). The molecule has 3 N–H and O–H groups in total. The van der Waals surface area contributed by atoms with Crippen LogP contribution < -0.4 is 5.73 Å². The van der Waals surface area contributed by atoms with E-state index in [9.17, 15) is 5.11 Å². The first-order chi connectivity index (χ1) is 9.70. The Morgan fingerprint density at radius 2 is 2.05 bits per heavy atom. The van der Waals surface area contributed by atoms with Gasteiger partial charge in [-0.25, -0.2) is 0 Å². The molecule has 0 saturated heterocycles. The Morgan fingerprint density at radius 1 is 1.20 bits per heavy atom. The zero-order valence-electron chi connectivity index (χ0n) is 10.7. The Bertz CT molecular complexity index is 791. The number of hydrogen-bond acceptors (Lipinski definition) is 6. The molecule has 0 atom stereocenters. The summed E-state index contributed by atoms with van der Waals surface area (Å²) < 4.78 is 0. The van der Waals surface area contributed by atoms with Crippen molar-refractivity contribution in [2.75, 3.05) is 12.0 Å². The second-order valence-electron chi connectivity index (χ2n) is 4.22. The van der Waals surface area contributed by atoms with Crippen LogP contribution in [0.25, 0.3) is 22.2 Å². The quantitative estimate of drug-likeness (QED) is 0.704. The van der Waals surface area contributed by atoms with E-state index in [1.165, 1.54) is 0 Å². The van der Waals surface area contributed by atoms with Crippen molar-refractivity contribution in [1.29, 1.82) is 0 Å². The molecule has 0 amide bonds. The zero-order chi connectivity index (χ0) is 14.1. The monoisotopic (exact) mass is 284 g/mol. The first-order valence-corrected chi connectivity index (χ1v) is 7.17. The van der Waals surface area contributed by atoms with Gasteiger partial charge < -0.3 is 10.8 Å². The summed E-state index contributed by atoms with van der Waals surface area (Å²) in [4.78, 5) is 5.20. The molecule has 2 heterocycles. The van der Waals surface area contributed by atoms with E-state index >= 15 is 0 Å². The summed E-state index contributed by atoms with van der Waals surface area (Å²) in [6.45, 7) is 0. The molecule has 0 spiro atoms. The van der Waals surface area contributed by atoms with E-state index in [1.54, 1.807) is 30.1 Å². The van der Waals surface area contributed by atoms with Crippen LogP contribution in [0.3, 0.4) is 0 Å². The second kappa shape index (κ2) is 4.97. The predicted molar refractivity (Wildman–Crippen MR) is 80.6 cm³/mol. The molecule has 3 aromatic rings. The summed E-state index contributed by atoms with van der Waals surface area (Å²) in [5.74, 6) is 0.450. The minimum Gasteiger partial charge on any atom is -0.507 e. The van der Waals surface area contributed by atoms with Gasteiger partial charge in [0.25, 0.3) is 0 Å². The van der Waals surface area contributed by atoms with Gasteiger partial charge in [-0.3, -0.25) is 4.98 Å². The van der Waals surface area contributed by atoms with Gasteiger partial charge in [0.1, 0.15) is 17.0 Å². The third kappa shape index (κ3) is 2.04. The van der Waals surface area contributed by atoms with Gasteiger partial charge >= 0.3 is 0 Å². The standard InChI is InChI=1S/C14H12N4OS/c1-20-8-4-5-9(11(19)7-8)12-10-3-2-6-16-13(10)14(15)18-17-12/h2-7,19H,1H3,(H2,15,18). The van der Waals surface area contributed by atoms with Gasteiger partial charge in [0.2, 0.25) is 0 Å². The molecule has 100 valence electrons. The van der Waals surface area contributed by atoms with Crippen molar-refractivity contribution in [3.63, 3.8) is 0 Å². The highest BCUT2D eigenvalue weighted by atomic mass is 32.2. The Kier molecular flexibility index (Phi) is 3.15. The third-order valence-corrected chi connectivity index (χ3v) is 3.75. The highest BCUT2D eigenvalue weighted by molar-refractivity contribution is 7.98. The van der Waals surface area contributed by atoms with Crippen LogP contribution in [-0.4, -0.2) is 26.5 Å². The molecule has 0 aliphatic heterocycles. The lowest BCUT2D eigenvalue weighted by Crippen LogP contribution is -1.99. The van der Waals surface area contributed by atoms with Crippen LogP contribution in [0.2, 0.25) is 0 Å². The molecular formula is C14H12N4OS. The average molecular weight is 284 g/mol. The maximum Gasteiger partial charge on any atom is 0.172 e. The van der Waals surface area contributed by atoms with Gasteiger partial charge in [0.05, 0.1) is 0 Å². The molecule has 0 bridgehead atoms. The zero-order valence-corrected chi connectivity index (χ0v) is 11.6. The molecular weight excluding hydrogens is 272 g/mol. The number of phenols is 1. The number of nitrogens with zero attached hydrogens (tertiary/aromatic N) is 3. The molecule has 0 radical (unpaired) electrons. The van der Waals surface area contributed by atoms with Crippen molar-refractivity contribution in [1.82, 2.24) is 15.2 Å². The fourth-order valence-corrected chi connectivity index (χ4v) is 2.48. The number of nitrogen functional groups attached to an aromatic ring is 1. The Hall–Kier alpha value is -2.34. The van der Waals surface area contributed by atoms with Crippen LogP contribution in [0.4, 0.5) is 5.82 Å². The van der Waals surface area contributed by atoms with Crippen molar-refractivity contribution < 1.29 is 5.11 Å². The lowest BCUT2D eigenvalue weighted by atomic mass is 10.1. The number of anilines is 1. The van der Waals surface area contributed by atoms with Crippen LogP contribution in [0.15, 0.2) is 41.4 Å². The van der Waals surface area contributed by atoms with Crippen molar-refractivity contribution in [3.8, 4) is 17.0 Å². The molecule has 0 aliphatic carbocycles. The lowest BCUT2D eigenvalue weighted by Gasteiger charge is -2.08. The van der Waals surface area contributed by atoms with E-state index in [0.717, 1.165) is 10.3 Å². The first-order valence-electron chi connectivity index (χ1n) is 5.95. The number of fused-ring (bicyclic) bond motifs is 1. The molecule has 1 aromatic carbocycles. The van der Waals surface area contributed by atoms with E-state index in [4.69, 9.17) is 5.73 Å². The lowest BCUT2D eigenvalue weighted by molar-refractivity contribution is 0.475. The van der Waals surface area contributed by atoms with Crippen LogP contribution >= 0.6 is 11.8 Å². The number of rotatable bonds is 2. The summed E-state index contributed by atoms with van der Waals surface area (Å²) in [6.07, 6.45) is 3.61. The van der Waals surface area contributed by atoms with Crippen LogP contribution in [0, 0.1) is 0 Å². The van der Waals surface area contributed by atoms with Crippen LogP contribution in [-0.2, 0) is 0 Å². The van der Waals surface area contributed by atoms with Gasteiger partial charge in [0, 0.05) is 22.0 Å². The SMILES string of the molecule is CSc1ccc(-c2nnc(N)c3ncccc23)c(O)c1. The fraction of sp³-hybridized carbons (Fsp3) is 0.0714. The molecule has 0 unspecified atom stereocenters. The molecule has 5 nitrogen and oxygen atoms in total. The van der Waals surface area contributed by atoms with E-state index in [2.05, 4.69) is 15.2 Å². The Balaban J connectivity index is 2.27. The third-order valence-electron chi connectivity index (χ3n) is 3.02. The van der Waals surface area contributed by atoms with E-state index < -0.39 is 0 Å². The smallest absolute Gasteiger partial charge is 0.172 e. The molecule has 6 heteroatoms. The van der Waals surface area contributed by atoms with Gasteiger partial charge in [0.15, 0.2) is 5.82 Å². The van der Waals surface area contributed by atoms with Gasteiger partial charge in [-0.05, 0) is 36.6 Å². The second-order valence-corrected chi connectivity index (χ2v) is 5.10. The predicted octanol–water partition coefficient (Wildman–Crippen LogP) is 2.70. The highest BCUT2D eigenvalue weighted by Crippen LogP contribution is 2.35. The molecule has 20 heavy (non-hydrogen) atoms. The maximum atomic E-state index is 10.2. The molecule has 0 fully saturated rings.